The van der Waals surface area contributed by atoms with E-state index in [9.17, 15) is 4.79 Å². The molecule has 1 atom stereocenters. The van der Waals surface area contributed by atoms with E-state index in [2.05, 4.69) is 21.2 Å². The molecule has 0 spiro atoms. The Balaban J connectivity index is 2.10. The maximum Gasteiger partial charge on any atom is 0.261 e. The normalized spacial score (nSPS) is 12.1. The lowest BCUT2D eigenvalue weighted by atomic mass is 10.1. The predicted octanol–water partition coefficient (Wildman–Crippen LogP) is 4.00. The lowest BCUT2D eigenvalue weighted by Gasteiger charge is -2.15. The summed E-state index contributed by atoms with van der Waals surface area (Å²) in [4.78, 5) is 12.6. The molecule has 0 radical (unpaired) electrons. The quantitative estimate of drug-likeness (QED) is 0.912. The molecule has 1 unspecified atom stereocenters. The van der Waals surface area contributed by atoms with Crippen LogP contribution in [0.5, 0.6) is 0 Å². The van der Waals surface area contributed by atoms with Crippen LogP contribution in [0.2, 0.25) is 0 Å². The van der Waals surface area contributed by atoms with E-state index in [1.54, 1.807) is 0 Å². The van der Waals surface area contributed by atoms with Crippen molar-refractivity contribution in [2.45, 2.75) is 13.0 Å². The highest BCUT2D eigenvalue weighted by Gasteiger charge is 2.13. The number of amides is 1. The molecule has 2 aromatic rings. The van der Waals surface area contributed by atoms with Gasteiger partial charge < -0.3 is 5.32 Å². The number of benzene rings is 1. The first-order valence-corrected chi connectivity index (χ1v) is 6.94. The van der Waals surface area contributed by atoms with Gasteiger partial charge in [-0.15, -0.1) is 11.3 Å². The second kappa shape index (κ2) is 5.47. The molecule has 0 fully saturated rings. The van der Waals surface area contributed by atoms with Gasteiger partial charge >= 0.3 is 0 Å². The number of carbonyl (C=O) groups is 1. The van der Waals surface area contributed by atoms with Gasteiger partial charge in [0.25, 0.3) is 5.91 Å². The van der Waals surface area contributed by atoms with Crippen molar-refractivity contribution in [2.24, 2.45) is 0 Å². The Morgan fingerprint density at radius 3 is 2.71 bits per heavy atom. The third-order valence-electron chi connectivity index (χ3n) is 2.46. The number of carbonyl (C=O) groups excluding carboxylic acids is 1. The van der Waals surface area contributed by atoms with Gasteiger partial charge in [0.1, 0.15) is 0 Å². The Hall–Kier alpha value is -1.13. The molecule has 0 aliphatic rings. The van der Waals surface area contributed by atoms with Gasteiger partial charge in [-0.3, -0.25) is 4.79 Å². The zero-order chi connectivity index (χ0) is 12.3. The van der Waals surface area contributed by atoms with Gasteiger partial charge in [-0.05, 0) is 30.0 Å². The first-order chi connectivity index (χ1) is 8.18. The van der Waals surface area contributed by atoms with Crippen molar-refractivity contribution in [2.75, 3.05) is 0 Å². The Kier molecular flexibility index (Phi) is 3.97. The van der Waals surface area contributed by atoms with Crippen LogP contribution in [0.4, 0.5) is 0 Å². The topological polar surface area (TPSA) is 29.1 Å². The van der Waals surface area contributed by atoms with Crippen molar-refractivity contribution < 1.29 is 4.79 Å². The van der Waals surface area contributed by atoms with Gasteiger partial charge in [-0.2, -0.15) is 0 Å². The molecule has 2 rings (SSSR count). The standard InChI is InChI=1S/C13H12BrNOS/c1-9(10-5-2-3-6-11(10)14)15-13(16)12-7-4-8-17-12/h2-9H,1H3,(H,15,16). The van der Waals surface area contributed by atoms with Crippen molar-refractivity contribution >= 4 is 33.2 Å². The Labute approximate surface area is 113 Å². The predicted molar refractivity (Wildman–Crippen MR) is 74.3 cm³/mol. The van der Waals surface area contributed by atoms with Crippen LogP contribution in [-0.2, 0) is 0 Å². The molecule has 1 amide bonds. The molecule has 1 N–H and O–H groups in total. The minimum absolute atomic E-state index is 0.0137. The highest BCUT2D eigenvalue weighted by Crippen LogP contribution is 2.23. The zero-order valence-corrected chi connectivity index (χ0v) is 11.7. The number of hydrogen-bond donors (Lipinski definition) is 1. The molecule has 2 nitrogen and oxygen atoms in total. The zero-order valence-electron chi connectivity index (χ0n) is 9.31. The van der Waals surface area contributed by atoms with Crippen LogP contribution in [-0.4, -0.2) is 5.91 Å². The molecule has 0 aliphatic heterocycles. The molecule has 88 valence electrons. The van der Waals surface area contributed by atoms with Gasteiger partial charge in [0.2, 0.25) is 0 Å². The first kappa shape index (κ1) is 12.3. The lowest BCUT2D eigenvalue weighted by Crippen LogP contribution is -2.26. The lowest BCUT2D eigenvalue weighted by molar-refractivity contribution is 0.0944. The summed E-state index contributed by atoms with van der Waals surface area (Å²) in [5.74, 6) is -0.0248. The number of hydrogen-bond acceptors (Lipinski definition) is 2. The molecular formula is C13H12BrNOS. The smallest absolute Gasteiger partial charge is 0.261 e. The summed E-state index contributed by atoms with van der Waals surface area (Å²) < 4.78 is 1.01. The van der Waals surface area contributed by atoms with E-state index in [0.717, 1.165) is 14.9 Å². The Morgan fingerprint density at radius 1 is 1.29 bits per heavy atom. The van der Waals surface area contributed by atoms with E-state index in [1.807, 2.05) is 48.7 Å². The summed E-state index contributed by atoms with van der Waals surface area (Å²) >= 11 is 4.94. The first-order valence-electron chi connectivity index (χ1n) is 5.27. The molecule has 17 heavy (non-hydrogen) atoms. The van der Waals surface area contributed by atoms with Crippen molar-refractivity contribution in [1.29, 1.82) is 0 Å². The summed E-state index contributed by atoms with van der Waals surface area (Å²) in [5, 5.41) is 4.88. The third-order valence-corrected chi connectivity index (χ3v) is 4.06. The highest BCUT2D eigenvalue weighted by molar-refractivity contribution is 9.10. The highest BCUT2D eigenvalue weighted by atomic mass is 79.9. The van der Waals surface area contributed by atoms with Gasteiger partial charge in [-0.1, -0.05) is 40.2 Å². The Morgan fingerprint density at radius 2 is 2.06 bits per heavy atom. The van der Waals surface area contributed by atoms with Gasteiger partial charge in [0.15, 0.2) is 0 Å². The largest absolute Gasteiger partial charge is 0.345 e. The third kappa shape index (κ3) is 2.96. The monoisotopic (exact) mass is 309 g/mol. The fraction of sp³-hybridized carbons (Fsp3) is 0.154. The van der Waals surface area contributed by atoms with Gasteiger partial charge in [0.05, 0.1) is 10.9 Å². The number of nitrogens with one attached hydrogen (secondary N) is 1. The molecule has 1 aromatic carbocycles. The van der Waals surface area contributed by atoms with Crippen molar-refractivity contribution in [3.63, 3.8) is 0 Å². The van der Waals surface area contributed by atoms with Crippen LogP contribution in [0.25, 0.3) is 0 Å². The van der Waals surface area contributed by atoms with Crippen LogP contribution in [0.15, 0.2) is 46.3 Å². The summed E-state index contributed by atoms with van der Waals surface area (Å²) in [7, 11) is 0. The van der Waals surface area contributed by atoms with E-state index in [1.165, 1.54) is 11.3 Å². The maximum absolute atomic E-state index is 11.9. The fourth-order valence-electron chi connectivity index (χ4n) is 1.58. The number of halogens is 1. The van der Waals surface area contributed by atoms with Crippen molar-refractivity contribution in [3.05, 3.63) is 56.7 Å². The molecular weight excluding hydrogens is 298 g/mol. The molecule has 0 saturated carbocycles. The SMILES string of the molecule is CC(NC(=O)c1cccs1)c1ccccc1Br. The maximum atomic E-state index is 11.9. The molecule has 0 saturated heterocycles. The summed E-state index contributed by atoms with van der Waals surface area (Å²) in [6.45, 7) is 1.98. The summed E-state index contributed by atoms with van der Waals surface area (Å²) in [6, 6.07) is 11.6. The Bertz CT molecular complexity index is 510. The van der Waals surface area contributed by atoms with Crippen LogP contribution in [0, 0.1) is 0 Å². The van der Waals surface area contributed by atoms with E-state index in [4.69, 9.17) is 0 Å². The van der Waals surface area contributed by atoms with E-state index in [-0.39, 0.29) is 11.9 Å². The van der Waals surface area contributed by atoms with Crippen LogP contribution in [0.1, 0.15) is 28.2 Å². The molecule has 0 aliphatic carbocycles. The van der Waals surface area contributed by atoms with E-state index >= 15 is 0 Å². The minimum atomic E-state index is -0.0248. The molecule has 0 bridgehead atoms. The second-order valence-electron chi connectivity index (χ2n) is 3.69. The summed E-state index contributed by atoms with van der Waals surface area (Å²) in [6.07, 6.45) is 0. The fourth-order valence-corrected chi connectivity index (χ4v) is 2.83. The number of thiophene rings is 1. The molecule has 1 heterocycles. The van der Waals surface area contributed by atoms with Crippen molar-refractivity contribution in [1.82, 2.24) is 5.32 Å². The second-order valence-corrected chi connectivity index (χ2v) is 5.50. The average Bonchev–Trinajstić information content (AvgIpc) is 2.82. The minimum Gasteiger partial charge on any atom is -0.345 e. The summed E-state index contributed by atoms with van der Waals surface area (Å²) in [5.41, 5.74) is 1.08. The average molecular weight is 310 g/mol. The molecule has 4 heteroatoms. The van der Waals surface area contributed by atoms with E-state index in [0.29, 0.717) is 0 Å². The number of rotatable bonds is 3. The van der Waals surface area contributed by atoms with Crippen LogP contribution in [0.3, 0.4) is 0 Å². The van der Waals surface area contributed by atoms with E-state index < -0.39 is 0 Å². The van der Waals surface area contributed by atoms with Crippen LogP contribution >= 0.6 is 27.3 Å². The van der Waals surface area contributed by atoms with Gasteiger partial charge in [-0.25, -0.2) is 0 Å². The van der Waals surface area contributed by atoms with Crippen LogP contribution < -0.4 is 5.32 Å². The molecule has 1 aromatic heterocycles. The van der Waals surface area contributed by atoms with Gasteiger partial charge in [0, 0.05) is 4.47 Å². The van der Waals surface area contributed by atoms with Crippen molar-refractivity contribution in [3.8, 4) is 0 Å².